The van der Waals surface area contributed by atoms with Crippen LogP contribution in [0, 0.1) is 0 Å². The summed E-state index contributed by atoms with van der Waals surface area (Å²) < 4.78 is 38.7. The maximum atomic E-state index is 12.2. The summed E-state index contributed by atoms with van der Waals surface area (Å²) in [5.74, 6) is 1.58. The molecular weight excluding hydrogens is 406 g/mol. The van der Waals surface area contributed by atoms with Crippen LogP contribution >= 0.6 is 0 Å². The van der Waals surface area contributed by atoms with Gasteiger partial charge in [0.05, 0.1) is 19.9 Å². The number of nitrogens with one attached hydrogen (secondary N) is 2. The molecule has 1 heterocycles. The lowest BCUT2D eigenvalue weighted by molar-refractivity contribution is -0.121. The van der Waals surface area contributed by atoms with Crippen LogP contribution in [0.5, 0.6) is 11.5 Å². The van der Waals surface area contributed by atoms with E-state index in [9.17, 15) is 13.2 Å². The summed E-state index contributed by atoms with van der Waals surface area (Å²) in [6.45, 7) is 0.495. The maximum absolute atomic E-state index is 12.2. The van der Waals surface area contributed by atoms with E-state index in [0.29, 0.717) is 48.8 Å². The fraction of sp³-hybridized carbons (Fsp3) is 0.333. The monoisotopic (exact) mass is 431 g/mol. The van der Waals surface area contributed by atoms with Gasteiger partial charge < -0.3 is 20.1 Å². The molecule has 160 valence electrons. The van der Waals surface area contributed by atoms with Crippen LogP contribution in [0.1, 0.15) is 24.8 Å². The zero-order chi connectivity index (χ0) is 21.6. The van der Waals surface area contributed by atoms with Crippen molar-refractivity contribution in [3.8, 4) is 11.5 Å². The molecule has 0 bridgehead atoms. The second kappa shape index (κ2) is 9.62. The number of anilines is 1. The molecule has 2 N–H and O–H groups in total. The minimum absolute atomic E-state index is 0.0878. The predicted molar refractivity (Wildman–Crippen MR) is 115 cm³/mol. The van der Waals surface area contributed by atoms with E-state index in [2.05, 4.69) is 15.0 Å². The summed E-state index contributed by atoms with van der Waals surface area (Å²) >= 11 is 0. The average molecular weight is 432 g/mol. The Hall–Kier alpha value is -3.07. The number of carbonyl (C=O) groups excluding carboxylic acids is 1. The first-order valence-corrected chi connectivity index (χ1v) is 11.0. The van der Waals surface area contributed by atoms with Gasteiger partial charge in [0.15, 0.2) is 11.5 Å². The van der Waals surface area contributed by atoms with Gasteiger partial charge in [-0.15, -0.1) is 4.40 Å². The number of amidine groups is 1. The van der Waals surface area contributed by atoms with Gasteiger partial charge in [0.2, 0.25) is 5.91 Å². The molecule has 2 aromatic rings. The first-order chi connectivity index (χ1) is 14.4. The molecule has 0 spiro atoms. The third-order valence-corrected chi connectivity index (χ3v) is 6.05. The molecule has 8 nitrogen and oxygen atoms in total. The summed E-state index contributed by atoms with van der Waals surface area (Å²) in [5.41, 5.74) is 1.54. The molecule has 1 aliphatic rings. The van der Waals surface area contributed by atoms with Gasteiger partial charge >= 0.3 is 0 Å². The Morgan fingerprint density at radius 2 is 1.83 bits per heavy atom. The molecule has 0 saturated carbocycles. The topological polar surface area (TPSA) is 106 Å². The van der Waals surface area contributed by atoms with Gasteiger partial charge in [-0.25, -0.2) is 0 Å². The molecule has 0 saturated heterocycles. The number of sulfonamides is 1. The first-order valence-electron chi connectivity index (χ1n) is 9.60. The molecule has 9 heteroatoms. The number of rotatable bonds is 9. The maximum Gasteiger partial charge on any atom is 0.286 e. The highest BCUT2D eigenvalue weighted by Crippen LogP contribution is 2.28. The molecule has 1 aliphatic heterocycles. The number of hydrogen-bond acceptors (Lipinski definition) is 6. The lowest BCUT2D eigenvalue weighted by atomic mass is 10.1. The van der Waals surface area contributed by atoms with E-state index in [1.807, 2.05) is 18.2 Å². The standard InChI is InChI=1S/C21H25N3O5S/c1-28-17-11-10-15(14-18(17)29-2)12-13-22-21(25)9-5-8-20-23-16-6-3-4-7-19(16)30(26,27)24-20/h3-4,6-7,10-11,14H,5,8-9,12-13H2,1-2H3,(H,22,25)(H,23,24). The van der Waals surface area contributed by atoms with Crippen molar-refractivity contribution >= 4 is 27.5 Å². The highest BCUT2D eigenvalue weighted by molar-refractivity contribution is 7.90. The number of nitrogens with zero attached hydrogens (tertiary/aromatic N) is 1. The summed E-state index contributed by atoms with van der Waals surface area (Å²) in [7, 11) is -0.526. The highest BCUT2D eigenvalue weighted by Gasteiger charge is 2.23. The molecule has 3 rings (SSSR count). The zero-order valence-corrected chi connectivity index (χ0v) is 17.8. The van der Waals surface area contributed by atoms with Crippen LogP contribution in [0.2, 0.25) is 0 Å². The Morgan fingerprint density at radius 3 is 2.60 bits per heavy atom. The first kappa shape index (κ1) is 21.6. The van der Waals surface area contributed by atoms with E-state index >= 15 is 0 Å². The third-order valence-electron chi connectivity index (χ3n) is 4.68. The number of benzene rings is 2. The molecule has 0 aliphatic carbocycles. The fourth-order valence-electron chi connectivity index (χ4n) is 3.16. The van der Waals surface area contributed by atoms with Crippen molar-refractivity contribution in [1.29, 1.82) is 0 Å². The van der Waals surface area contributed by atoms with E-state index in [-0.39, 0.29) is 17.2 Å². The Kier molecular flexibility index (Phi) is 6.94. The van der Waals surface area contributed by atoms with Crippen LogP contribution in [0.4, 0.5) is 5.69 Å². The Morgan fingerprint density at radius 1 is 1.07 bits per heavy atom. The number of para-hydroxylation sites is 1. The van der Waals surface area contributed by atoms with Gasteiger partial charge in [0, 0.05) is 19.4 Å². The Labute approximate surface area is 176 Å². The van der Waals surface area contributed by atoms with Crippen LogP contribution in [0.15, 0.2) is 51.8 Å². The number of amides is 1. The summed E-state index contributed by atoms with van der Waals surface area (Å²) in [6.07, 6.45) is 1.81. The number of fused-ring (bicyclic) bond motifs is 1. The van der Waals surface area contributed by atoms with Crippen molar-refractivity contribution in [2.45, 2.75) is 30.6 Å². The van der Waals surface area contributed by atoms with E-state index in [4.69, 9.17) is 9.47 Å². The SMILES string of the molecule is COc1ccc(CCNC(=O)CCCC2=NS(=O)(=O)c3ccccc3N2)cc1OC. The van der Waals surface area contributed by atoms with Crippen molar-refractivity contribution < 1.29 is 22.7 Å². The van der Waals surface area contributed by atoms with Gasteiger partial charge in [-0.3, -0.25) is 4.79 Å². The summed E-state index contributed by atoms with van der Waals surface area (Å²) in [4.78, 5) is 12.3. The third kappa shape index (κ3) is 5.29. The van der Waals surface area contributed by atoms with Crippen LogP contribution in [0.3, 0.4) is 0 Å². The molecule has 0 unspecified atom stereocenters. The van der Waals surface area contributed by atoms with Gasteiger partial charge in [0.1, 0.15) is 10.7 Å². The molecule has 0 atom stereocenters. The quantitative estimate of drug-likeness (QED) is 0.632. The van der Waals surface area contributed by atoms with E-state index in [0.717, 1.165) is 5.56 Å². The number of carbonyl (C=O) groups is 1. The minimum atomic E-state index is -3.69. The number of ether oxygens (including phenoxy) is 2. The molecular formula is C21H25N3O5S. The van der Waals surface area contributed by atoms with Gasteiger partial charge in [-0.2, -0.15) is 8.42 Å². The van der Waals surface area contributed by atoms with Crippen molar-refractivity contribution in [1.82, 2.24) is 5.32 Å². The van der Waals surface area contributed by atoms with Crippen LogP contribution in [-0.4, -0.2) is 40.9 Å². The Bertz CT molecular complexity index is 1050. The smallest absolute Gasteiger partial charge is 0.286 e. The van der Waals surface area contributed by atoms with Crippen molar-refractivity contribution in [3.63, 3.8) is 0 Å². The van der Waals surface area contributed by atoms with Crippen LogP contribution in [-0.2, 0) is 21.2 Å². The minimum Gasteiger partial charge on any atom is -0.493 e. The van der Waals surface area contributed by atoms with Gasteiger partial charge in [0.25, 0.3) is 10.0 Å². The average Bonchev–Trinajstić information content (AvgIpc) is 2.73. The molecule has 0 fully saturated rings. The largest absolute Gasteiger partial charge is 0.493 e. The molecule has 30 heavy (non-hydrogen) atoms. The zero-order valence-electron chi connectivity index (χ0n) is 17.0. The normalized spacial score (nSPS) is 14.1. The lowest BCUT2D eigenvalue weighted by Gasteiger charge is -2.17. The van der Waals surface area contributed by atoms with Gasteiger partial charge in [-0.1, -0.05) is 18.2 Å². The second-order valence-electron chi connectivity index (χ2n) is 6.78. The van der Waals surface area contributed by atoms with E-state index in [1.54, 1.807) is 32.4 Å². The second-order valence-corrected chi connectivity index (χ2v) is 8.35. The van der Waals surface area contributed by atoms with Crippen LogP contribution < -0.4 is 20.1 Å². The van der Waals surface area contributed by atoms with Crippen molar-refractivity contribution in [3.05, 3.63) is 48.0 Å². The van der Waals surface area contributed by atoms with Crippen molar-refractivity contribution in [2.24, 2.45) is 4.40 Å². The molecule has 0 radical (unpaired) electrons. The van der Waals surface area contributed by atoms with Crippen molar-refractivity contribution in [2.75, 3.05) is 26.1 Å². The van der Waals surface area contributed by atoms with Crippen LogP contribution in [0.25, 0.3) is 0 Å². The lowest BCUT2D eigenvalue weighted by Crippen LogP contribution is -2.26. The highest BCUT2D eigenvalue weighted by atomic mass is 32.2. The number of methoxy groups -OCH3 is 2. The van der Waals surface area contributed by atoms with E-state index < -0.39 is 10.0 Å². The summed E-state index contributed by atoms with van der Waals surface area (Å²) in [5, 5.41) is 5.91. The predicted octanol–water partition coefficient (Wildman–Crippen LogP) is 2.75. The molecule has 1 amide bonds. The van der Waals surface area contributed by atoms with E-state index in [1.165, 1.54) is 6.07 Å². The summed E-state index contributed by atoms with van der Waals surface area (Å²) in [6, 6.07) is 12.3. The number of hydrogen-bond donors (Lipinski definition) is 2. The van der Waals surface area contributed by atoms with Gasteiger partial charge in [-0.05, 0) is 42.7 Å². The molecule has 0 aromatic heterocycles. The molecule has 2 aromatic carbocycles. The fourth-order valence-corrected chi connectivity index (χ4v) is 4.34. The Balaban J connectivity index is 1.43.